The molecule has 1 rings (SSSR count). The van der Waals surface area contributed by atoms with E-state index in [0.29, 0.717) is 19.2 Å². The molecule has 3 nitrogen and oxygen atoms in total. The lowest BCUT2D eigenvalue weighted by Gasteiger charge is -2.36. The molecular weight excluding hydrogens is 178 g/mol. The van der Waals surface area contributed by atoms with Gasteiger partial charge < -0.3 is 15.2 Å². The van der Waals surface area contributed by atoms with E-state index >= 15 is 0 Å². The van der Waals surface area contributed by atoms with Gasteiger partial charge in [0.1, 0.15) is 0 Å². The van der Waals surface area contributed by atoms with Crippen LogP contribution < -0.4 is 5.32 Å². The second-order valence-corrected chi connectivity index (χ2v) is 4.81. The summed E-state index contributed by atoms with van der Waals surface area (Å²) in [5.41, 5.74) is -0.634. The van der Waals surface area contributed by atoms with Gasteiger partial charge in [-0.1, -0.05) is 13.8 Å². The highest BCUT2D eigenvalue weighted by molar-refractivity contribution is 4.86. The van der Waals surface area contributed by atoms with E-state index < -0.39 is 5.60 Å². The topological polar surface area (TPSA) is 41.5 Å². The minimum atomic E-state index is -0.634. The van der Waals surface area contributed by atoms with E-state index in [0.717, 1.165) is 19.4 Å². The second kappa shape index (κ2) is 5.10. The summed E-state index contributed by atoms with van der Waals surface area (Å²) >= 11 is 0. The smallest absolute Gasteiger partial charge is 0.0793 e. The van der Waals surface area contributed by atoms with Crippen LogP contribution in [0.3, 0.4) is 0 Å². The molecule has 0 saturated carbocycles. The van der Waals surface area contributed by atoms with Crippen molar-refractivity contribution in [1.29, 1.82) is 0 Å². The van der Waals surface area contributed by atoms with E-state index in [1.807, 2.05) is 6.92 Å². The molecule has 0 aromatic carbocycles. The van der Waals surface area contributed by atoms with E-state index in [1.165, 1.54) is 0 Å². The first kappa shape index (κ1) is 12.0. The Morgan fingerprint density at radius 3 is 2.79 bits per heavy atom. The molecule has 84 valence electrons. The summed E-state index contributed by atoms with van der Waals surface area (Å²) in [4.78, 5) is 0. The van der Waals surface area contributed by atoms with E-state index in [2.05, 4.69) is 19.2 Å². The summed E-state index contributed by atoms with van der Waals surface area (Å²) in [5.74, 6) is 0.280. The van der Waals surface area contributed by atoms with Crippen LogP contribution in [0.15, 0.2) is 0 Å². The van der Waals surface area contributed by atoms with Gasteiger partial charge in [0, 0.05) is 25.1 Å². The van der Waals surface area contributed by atoms with Crippen molar-refractivity contribution in [2.24, 2.45) is 5.92 Å². The molecule has 3 heteroatoms. The van der Waals surface area contributed by atoms with Crippen LogP contribution in [-0.2, 0) is 4.74 Å². The normalized spacial score (nSPS) is 27.6. The zero-order valence-electron chi connectivity index (χ0n) is 9.55. The molecule has 1 aliphatic heterocycles. The summed E-state index contributed by atoms with van der Waals surface area (Å²) in [5, 5.41) is 13.5. The van der Waals surface area contributed by atoms with Gasteiger partial charge in [-0.15, -0.1) is 0 Å². The maximum absolute atomic E-state index is 10.2. The maximum Gasteiger partial charge on any atom is 0.0793 e. The average molecular weight is 201 g/mol. The monoisotopic (exact) mass is 201 g/mol. The Bertz CT molecular complexity index is 163. The van der Waals surface area contributed by atoms with Gasteiger partial charge in [0.05, 0.1) is 12.2 Å². The van der Waals surface area contributed by atoms with Crippen molar-refractivity contribution in [3.8, 4) is 0 Å². The van der Waals surface area contributed by atoms with Crippen molar-refractivity contribution in [1.82, 2.24) is 5.32 Å². The SMILES string of the molecule is CC(C)NCC(C)(O)C1CCCOC1. The van der Waals surface area contributed by atoms with E-state index in [4.69, 9.17) is 4.74 Å². The maximum atomic E-state index is 10.2. The minimum absolute atomic E-state index is 0.280. The first-order chi connectivity index (χ1) is 6.52. The third kappa shape index (κ3) is 3.56. The number of nitrogens with one attached hydrogen (secondary N) is 1. The molecule has 0 radical (unpaired) electrons. The van der Waals surface area contributed by atoms with Crippen LogP contribution in [0.25, 0.3) is 0 Å². The van der Waals surface area contributed by atoms with E-state index in [1.54, 1.807) is 0 Å². The van der Waals surface area contributed by atoms with Crippen LogP contribution in [0.2, 0.25) is 0 Å². The van der Waals surface area contributed by atoms with Crippen LogP contribution >= 0.6 is 0 Å². The van der Waals surface area contributed by atoms with Gasteiger partial charge in [-0.3, -0.25) is 0 Å². The fourth-order valence-electron chi connectivity index (χ4n) is 1.79. The summed E-state index contributed by atoms with van der Waals surface area (Å²) in [6, 6.07) is 0.422. The number of hydrogen-bond acceptors (Lipinski definition) is 3. The molecule has 0 bridgehead atoms. The number of rotatable bonds is 4. The molecule has 14 heavy (non-hydrogen) atoms. The Labute approximate surface area is 86.8 Å². The fraction of sp³-hybridized carbons (Fsp3) is 1.00. The Morgan fingerprint density at radius 1 is 1.57 bits per heavy atom. The van der Waals surface area contributed by atoms with E-state index in [-0.39, 0.29) is 5.92 Å². The first-order valence-electron chi connectivity index (χ1n) is 5.56. The zero-order chi connectivity index (χ0) is 10.6. The van der Waals surface area contributed by atoms with Gasteiger partial charge in [0.25, 0.3) is 0 Å². The van der Waals surface area contributed by atoms with Gasteiger partial charge in [-0.25, -0.2) is 0 Å². The van der Waals surface area contributed by atoms with Crippen molar-refractivity contribution in [2.75, 3.05) is 19.8 Å². The number of ether oxygens (including phenoxy) is 1. The van der Waals surface area contributed by atoms with Crippen LogP contribution in [0.1, 0.15) is 33.6 Å². The Hall–Kier alpha value is -0.120. The van der Waals surface area contributed by atoms with Crippen LogP contribution in [0.4, 0.5) is 0 Å². The Morgan fingerprint density at radius 2 is 2.29 bits per heavy atom. The zero-order valence-corrected chi connectivity index (χ0v) is 9.55. The van der Waals surface area contributed by atoms with Crippen molar-refractivity contribution in [3.05, 3.63) is 0 Å². The highest BCUT2D eigenvalue weighted by Crippen LogP contribution is 2.25. The summed E-state index contributed by atoms with van der Waals surface area (Å²) < 4.78 is 5.39. The molecule has 0 amide bonds. The van der Waals surface area contributed by atoms with Crippen LogP contribution in [0.5, 0.6) is 0 Å². The number of hydrogen-bond donors (Lipinski definition) is 2. The fourth-order valence-corrected chi connectivity index (χ4v) is 1.79. The van der Waals surface area contributed by atoms with Crippen LogP contribution in [0, 0.1) is 5.92 Å². The van der Waals surface area contributed by atoms with Gasteiger partial charge in [-0.05, 0) is 19.8 Å². The average Bonchev–Trinajstić information content (AvgIpc) is 2.16. The molecule has 1 fully saturated rings. The molecule has 2 unspecified atom stereocenters. The predicted octanol–water partition coefficient (Wildman–Crippen LogP) is 1.16. The molecule has 2 atom stereocenters. The predicted molar refractivity (Wildman–Crippen MR) is 57.3 cm³/mol. The molecular formula is C11H23NO2. The van der Waals surface area contributed by atoms with Crippen molar-refractivity contribution in [3.63, 3.8) is 0 Å². The summed E-state index contributed by atoms with van der Waals surface area (Å²) in [6.45, 7) is 8.29. The lowest BCUT2D eigenvalue weighted by Crippen LogP contribution is -2.48. The van der Waals surface area contributed by atoms with Gasteiger partial charge >= 0.3 is 0 Å². The van der Waals surface area contributed by atoms with E-state index in [9.17, 15) is 5.11 Å². The van der Waals surface area contributed by atoms with Crippen molar-refractivity contribution >= 4 is 0 Å². The molecule has 0 aromatic heterocycles. The highest BCUT2D eigenvalue weighted by Gasteiger charge is 2.33. The highest BCUT2D eigenvalue weighted by atomic mass is 16.5. The second-order valence-electron chi connectivity index (χ2n) is 4.81. The third-order valence-corrected chi connectivity index (χ3v) is 2.91. The van der Waals surface area contributed by atoms with Crippen molar-refractivity contribution < 1.29 is 9.84 Å². The standard InChI is InChI=1S/C11H23NO2/c1-9(2)12-8-11(3,13)10-5-4-6-14-7-10/h9-10,12-13H,4-8H2,1-3H3. The van der Waals surface area contributed by atoms with Gasteiger partial charge in [-0.2, -0.15) is 0 Å². The quantitative estimate of drug-likeness (QED) is 0.717. The molecule has 1 heterocycles. The molecule has 0 aliphatic carbocycles. The third-order valence-electron chi connectivity index (χ3n) is 2.91. The number of aliphatic hydroxyl groups is 1. The molecule has 1 saturated heterocycles. The minimum Gasteiger partial charge on any atom is -0.388 e. The lowest BCUT2D eigenvalue weighted by atomic mass is 9.85. The van der Waals surface area contributed by atoms with Crippen LogP contribution in [-0.4, -0.2) is 36.5 Å². The molecule has 1 aliphatic rings. The largest absolute Gasteiger partial charge is 0.388 e. The van der Waals surface area contributed by atoms with Crippen molar-refractivity contribution in [2.45, 2.75) is 45.3 Å². The lowest BCUT2D eigenvalue weighted by molar-refractivity contribution is -0.0670. The molecule has 0 aromatic rings. The molecule has 0 spiro atoms. The first-order valence-corrected chi connectivity index (χ1v) is 5.56. The molecule has 2 N–H and O–H groups in total. The summed E-state index contributed by atoms with van der Waals surface area (Å²) in [6.07, 6.45) is 2.15. The van der Waals surface area contributed by atoms with Gasteiger partial charge in [0.2, 0.25) is 0 Å². The van der Waals surface area contributed by atoms with Gasteiger partial charge in [0.15, 0.2) is 0 Å². The summed E-state index contributed by atoms with van der Waals surface area (Å²) in [7, 11) is 0. The Balaban J connectivity index is 2.37. The Kier molecular flexibility index (Phi) is 4.35.